The van der Waals surface area contributed by atoms with Gasteiger partial charge < -0.3 is 9.84 Å². The molecule has 0 radical (unpaired) electrons. The van der Waals surface area contributed by atoms with Gasteiger partial charge in [0.25, 0.3) is 0 Å². The molecule has 0 unspecified atom stereocenters. The van der Waals surface area contributed by atoms with Crippen molar-refractivity contribution in [2.45, 2.75) is 335 Å². The molecular formula is C57H112O4. The summed E-state index contributed by atoms with van der Waals surface area (Å²) < 4.78 is 5.44. The molecule has 0 saturated carbocycles. The minimum absolute atomic E-state index is 0.0177. The molecule has 0 rings (SSSR count). The molecule has 0 aromatic rings. The van der Waals surface area contributed by atoms with Crippen molar-refractivity contribution >= 4 is 11.9 Å². The summed E-state index contributed by atoms with van der Waals surface area (Å²) in [5, 5.41) is 8.54. The molecule has 4 nitrogen and oxygen atoms in total. The van der Waals surface area contributed by atoms with Gasteiger partial charge in [-0.25, -0.2) is 0 Å². The zero-order chi connectivity index (χ0) is 44.6. The second-order valence-electron chi connectivity index (χ2n) is 19.0. The fourth-order valence-corrected chi connectivity index (χ4v) is 8.43. The molecule has 0 heterocycles. The topological polar surface area (TPSA) is 63.6 Å². The van der Waals surface area contributed by atoms with E-state index in [1.165, 1.54) is 270 Å². The molecule has 0 amide bonds. The van der Waals surface area contributed by atoms with Crippen LogP contribution in [0.5, 0.6) is 0 Å². The van der Waals surface area contributed by atoms with E-state index in [-0.39, 0.29) is 5.97 Å². The highest BCUT2D eigenvalue weighted by Gasteiger charge is 2.03. The number of ether oxygens (including phenoxy) is 1. The Bertz CT molecular complexity index is 837. The molecular weight excluding hydrogens is 749 g/mol. The summed E-state index contributed by atoms with van der Waals surface area (Å²) in [6.07, 6.45) is 68.7. The zero-order valence-corrected chi connectivity index (χ0v) is 42.2. The van der Waals surface area contributed by atoms with Crippen LogP contribution < -0.4 is 0 Å². The van der Waals surface area contributed by atoms with E-state index in [0.717, 1.165) is 32.1 Å². The summed E-state index contributed by atoms with van der Waals surface area (Å²) in [6, 6.07) is 0. The van der Waals surface area contributed by atoms with Gasteiger partial charge in [-0.05, 0) is 44.9 Å². The van der Waals surface area contributed by atoms with E-state index in [1.807, 2.05) is 0 Å². The molecule has 0 aliphatic heterocycles. The number of carbonyl (C=O) groups excluding carboxylic acids is 1. The van der Waals surface area contributed by atoms with Crippen molar-refractivity contribution in [2.24, 2.45) is 0 Å². The minimum Gasteiger partial charge on any atom is -0.481 e. The van der Waals surface area contributed by atoms with Gasteiger partial charge in [0.05, 0.1) is 6.61 Å². The van der Waals surface area contributed by atoms with Crippen molar-refractivity contribution in [3.63, 3.8) is 0 Å². The molecule has 0 atom stereocenters. The molecule has 61 heavy (non-hydrogen) atoms. The van der Waals surface area contributed by atoms with Gasteiger partial charge in [-0.3, -0.25) is 9.59 Å². The molecule has 0 aromatic heterocycles. The second kappa shape index (κ2) is 58.7. The third-order valence-corrected chi connectivity index (χ3v) is 12.6. The molecule has 364 valence electrons. The number of carbonyl (C=O) groups is 2. The molecule has 0 saturated heterocycles. The largest absolute Gasteiger partial charge is 0.481 e. The van der Waals surface area contributed by atoms with Crippen LogP contribution in [0, 0.1) is 0 Å². The predicted molar refractivity (Wildman–Crippen MR) is 271 cm³/mol. The molecule has 0 bridgehead atoms. The molecule has 4 heteroatoms. The number of esters is 1. The lowest BCUT2D eigenvalue weighted by Crippen LogP contribution is -2.05. The quantitative estimate of drug-likeness (QED) is 0.0376. The number of carboxylic acid groups (broad SMARTS) is 1. The van der Waals surface area contributed by atoms with Gasteiger partial charge in [-0.15, -0.1) is 0 Å². The van der Waals surface area contributed by atoms with Crippen molar-refractivity contribution in [1.29, 1.82) is 0 Å². The lowest BCUT2D eigenvalue weighted by Gasteiger charge is -2.05. The van der Waals surface area contributed by atoms with Gasteiger partial charge in [0.2, 0.25) is 0 Å². The van der Waals surface area contributed by atoms with Crippen LogP contribution in [0.25, 0.3) is 0 Å². The maximum absolute atomic E-state index is 11.9. The average Bonchev–Trinajstić information content (AvgIpc) is 3.25. The van der Waals surface area contributed by atoms with Gasteiger partial charge in [-0.1, -0.05) is 290 Å². The summed E-state index contributed by atoms with van der Waals surface area (Å²) in [5.41, 5.74) is 0. The van der Waals surface area contributed by atoms with Gasteiger partial charge in [0.15, 0.2) is 0 Å². The summed E-state index contributed by atoms with van der Waals surface area (Å²) in [6.45, 7) is 7.48. The first-order chi connectivity index (χ1) is 30.1. The Labute approximate surface area is 384 Å². The highest BCUT2D eigenvalue weighted by Crippen LogP contribution is 2.17. The summed E-state index contributed by atoms with van der Waals surface area (Å²) >= 11 is 0. The van der Waals surface area contributed by atoms with Gasteiger partial charge in [-0.2, -0.15) is 0 Å². The van der Waals surface area contributed by atoms with E-state index in [1.54, 1.807) is 0 Å². The number of rotatable bonds is 51. The van der Waals surface area contributed by atoms with Crippen molar-refractivity contribution in [3.05, 3.63) is 12.2 Å². The number of allylic oxidation sites excluding steroid dienone is 2. The normalized spacial score (nSPS) is 11.3. The maximum Gasteiger partial charge on any atom is 0.305 e. The lowest BCUT2D eigenvalue weighted by atomic mass is 10.0. The van der Waals surface area contributed by atoms with Crippen LogP contribution in [0.2, 0.25) is 0 Å². The van der Waals surface area contributed by atoms with Crippen LogP contribution in [0.4, 0.5) is 0 Å². The molecule has 1 N–H and O–H groups in total. The fraction of sp³-hybridized carbons (Fsp3) is 0.930. The minimum atomic E-state index is -0.652. The third-order valence-electron chi connectivity index (χ3n) is 12.6. The Hall–Kier alpha value is -1.32. The Balaban J connectivity index is 0. The van der Waals surface area contributed by atoms with E-state index in [2.05, 4.69) is 32.9 Å². The summed E-state index contributed by atoms with van der Waals surface area (Å²) in [4.78, 5) is 22.3. The Morgan fingerprint density at radius 2 is 0.541 bits per heavy atom. The Morgan fingerprint density at radius 1 is 0.311 bits per heavy atom. The number of aliphatic carboxylic acids is 1. The second-order valence-corrected chi connectivity index (χ2v) is 19.0. The SMILES string of the molecule is CCCCCCCC/C=C\CCCCCCCC(=O)OCCCCCCCCCCCCCCCCCCC.CCCCCCCCCCCCCCCCCCCC(=O)O. The first kappa shape index (κ1) is 61.8. The maximum atomic E-state index is 11.9. The van der Waals surface area contributed by atoms with Crippen LogP contribution in [0.1, 0.15) is 335 Å². The lowest BCUT2D eigenvalue weighted by molar-refractivity contribution is -0.144. The van der Waals surface area contributed by atoms with E-state index >= 15 is 0 Å². The van der Waals surface area contributed by atoms with E-state index in [9.17, 15) is 9.59 Å². The standard InChI is InChI=1S/C37H72O2.C20H40O2/c1-3-5-7-9-11-13-15-17-19-20-22-24-26-28-30-32-34-36-39-37(38)35-33-31-29-27-25-23-21-18-16-14-12-10-8-6-4-2;1-2-3-4-5-6-7-8-9-10-11-12-13-14-15-16-17-18-19-20(21)22/h18,21H,3-17,19-20,22-36H2,1-2H3;2-19H2,1H3,(H,21,22)/b21-18-;. The first-order valence-electron chi connectivity index (χ1n) is 28.1. The molecule has 0 fully saturated rings. The average molecular weight is 862 g/mol. The van der Waals surface area contributed by atoms with Gasteiger partial charge in [0, 0.05) is 12.8 Å². The van der Waals surface area contributed by atoms with E-state index in [0.29, 0.717) is 19.4 Å². The number of hydrogen-bond acceptors (Lipinski definition) is 3. The number of carboxylic acids is 1. The number of hydrogen-bond donors (Lipinski definition) is 1. The van der Waals surface area contributed by atoms with Crippen LogP contribution in [0.15, 0.2) is 12.2 Å². The molecule has 0 aliphatic carbocycles. The van der Waals surface area contributed by atoms with Crippen LogP contribution in [-0.4, -0.2) is 23.7 Å². The van der Waals surface area contributed by atoms with Crippen molar-refractivity contribution in [2.75, 3.05) is 6.61 Å². The summed E-state index contributed by atoms with van der Waals surface area (Å²) in [7, 11) is 0. The van der Waals surface area contributed by atoms with Crippen LogP contribution >= 0.6 is 0 Å². The highest BCUT2D eigenvalue weighted by atomic mass is 16.5. The Morgan fingerprint density at radius 3 is 0.820 bits per heavy atom. The van der Waals surface area contributed by atoms with Crippen LogP contribution in [-0.2, 0) is 14.3 Å². The summed E-state index contributed by atoms with van der Waals surface area (Å²) in [5.74, 6) is -0.634. The monoisotopic (exact) mass is 861 g/mol. The molecule has 0 spiro atoms. The van der Waals surface area contributed by atoms with Gasteiger partial charge in [0.1, 0.15) is 0 Å². The predicted octanol–water partition coefficient (Wildman–Crippen LogP) is 20.3. The highest BCUT2D eigenvalue weighted by molar-refractivity contribution is 5.69. The smallest absolute Gasteiger partial charge is 0.305 e. The van der Waals surface area contributed by atoms with Crippen molar-refractivity contribution in [3.8, 4) is 0 Å². The first-order valence-corrected chi connectivity index (χ1v) is 28.1. The van der Waals surface area contributed by atoms with E-state index in [4.69, 9.17) is 9.84 Å². The van der Waals surface area contributed by atoms with Crippen LogP contribution in [0.3, 0.4) is 0 Å². The zero-order valence-electron chi connectivity index (χ0n) is 42.2. The third kappa shape index (κ3) is 63.1. The molecule has 0 aliphatic rings. The van der Waals surface area contributed by atoms with E-state index < -0.39 is 5.97 Å². The van der Waals surface area contributed by atoms with Gasteiger partial charge >= 0.3 is 11.9 Å². The number of unbranched alkanes of at least 4 members (excludes halogenated alkanes) is 43. The fourth-order valence-electron chi connectivity index (χ4n) is 8.43. The van der Waals surface area contributed by atoms with Crippen molar-refractivity contribution in [1.82, 2.24) is 0 Å². The Kier molecular flexibility index (Phi) is 59.4. The molecule has 0 aromatic carbocycles. The van der Waals surface area contributed by atoms with Crippen molar-refractivity contribution < 1.29 is 19.4 Å².